The summed E-state index contributed by atoms with van der Waals surface area (Å²) in [5, 5.41) is 3.78. The molecular formula is C12H15ClFNS. The van der Waals surface area contributed by atoms with Crippen molar-refractivity contribution in [1.82, 2.24) is 5.32 Å². The molecule has 2 unspecified atom stereocenters. The number of hydrogen-bond acceptors (Lipinski definition) is 2. The van der Waals surface area contributed by atoms with E-state index in [0.717, 1.165) is 23.5 Å². The van der Waals surface area contributed by atoms with Crippen molar-refractivity contribution in [1.29, 1.82) is 0 Å². The molecule has 1 heterocycles. The molecule has 1 saturated heterocycles. The minimum Gasteiger partial charge on any atom is -0.306 e. The average Bonchev–Trinajstić information content (AvgIpc) is 2.33. The van der Waals surface area contributed by atoms with Crippen LogP contribution in [-0.4, -0.2) is 17.5 Å². The number of thioether (sulfide) groups is 1. The van der Waals surface area contributed by atoms with Crippen LogP contribution in [0, 0.1) is 5.82 Å². The van der Waals surface area contributed by atoms with E-state index in [9.17, 15) is 4.39 Å². The van der Waals surface area contributed by atoms with Crippen LogP contribution < -0.4 is 5.32 Å². The van der Waals surface area contributed by atoms with Gasteiger partial charge in [0.1, 0.15) is 5.82 Å². The zero-order valence-corrected chi connectivity index (χ0v) is 10.7. The van der Waals surface area contributed by atoms with Crippen LogP contribution in [0.5, 0.6) is 0 Å². The summed E-state index contributed by atoms with van der Waals surface area (Å²) in [7, 11) is 0. The van der Waals surface area contributed by atoms with E-state index in [2.05, 4.69) is 12.2 Å². The van der Waals surface area contributed by atoms with Gasteiger partial charge in [0.2, 0.25) is 0 Å². The summed E-state index contributed by atoms with van der Waals surface area (Å²) < 4.78 is 13.1. The fraction of sp³-hybridized carbons (Fsp3) is 0.500. The smallest absolute Gasteiger partial charge is 0.141 e. The summed E-state index contributed by atoms with van der Waals surface area (Å²) >= 11 is 7.73. The second kappa shape index (κ2) is 5.39. The highest BCUT2D eigenvalue weighted by atomic mass is 35.5. The van der Waals surface area contributed by atoms with Crippen molar-refractivity contribution < 1.29 is 4.39 Å². The Labute approximate surface area is 105 Å². The fourth-order valence-electron chi connectivity index (χ4n) is 1.87. The zero-order valence-electron chi connectivity index (χ0n) is 9.17. The van der Waals surface area contributed by atoms with Gasteiger partial charge in [0.05, 0.1) is 5.02 Å². The summed E-state index contributed by atoms with van der Waals surface area (Å²) in [5.74, 6) is 1.83. The molecule has 0 saturated carbocycles. The largest absolute Gasteiger partial charge is 0.306 e. The van der Waals surface area contributed by atoms with Crippen LogP contribution in [0.25, 0.3) is 0 Å². The maximum Gasteiger partial charge on any atom is 0.141 e. The lowest BCUT2D eigenvalue weighted by atomic mass is 10.1. The van der Waals surface area contributed by atoms with Crippen LogP contribution in [0.2, 0.25) is 5.02 Å². The van der Waals surface area contributed by atoms with Gasteiger partial charge in [-0.05, 0) is 24.1 Å². The van der Waals surface area contributed by atoms with Gasteiger partial charge in [-0.3, -0.25) is 0 Å². The van der Waals surface area contributed by atoms with Crippen LogP contribution >= 0.6 is 23.4 Å². The molecule has 16 heavy (non-hydrogen) atoms. The molecule has 1 nitrogen and oxygen atoms in total. The minimum absolute atomic E-state index is 0.211. The highest BCUT2D eigenvalue weighted by Crippen LogP contribution is 2.27. The van der Waals surface area contributed by atoms with Gasteiger partial charge >= 0.3 is 0 Å². The van der Waals surface area contributed by atoms with E-state index < -0.39 is 0 Å². The van der Waals surface area contributed by atoms with Crippen molar-refractivity contribution in [2.75, 3.05) is 11.5 Å². The summed E-state index contributed by atoms with van der Waals surface area (Å²) in [4.78, 5) is 0. The number of nitrogens with one attached hydrogen (secondary N) is 1. The van der Waals surface area contributed by atoms with Crippen molar-refractivity contribution >= 4 is 23.4 Å². The molecule has 4 heteroatoms. The molecule has 0 aromatic heterocycles. The summed E-state index contributed by atoms with van der Waals surface area (Å²) in [5.41, 5.74) is 1.08. The van der Waals surface area contributed by atoms with Crippen molar-refractivity contribution in [2.45, 2.75) is 25.4 Å². The van der Waals surface area contributed by atoms with Gasteiger partial charge in [-0.2, -0.15) is 11.8 Å². The van der Waals surface area contributed by atoms with Crippen LogP contribution in [0.4, 0.5) is 4.39 Å². The predicted octanol–water partition coefficient (Wildman–Crippen LogP) is 3.64. The van der Waals surface area contributed by atoms with E-state index in [4.69, 9.17) is 11.6 Å². The second-order valence-electron chi connectivity index (χ2n) is 4.04. The molecular weight excluding hydrogens is 245 g/mol. The maximum absolute atomic E-state index is 13.1. The molecule has 0 aliphatic carbocycles. The molecule has 0 radical (unpaired) electrons. The van der Waals surface area contributed by atoms with Crippen LogP contribution in [0.15, 0.2) is 18.2 Å². The Morgan fingerprint density at radius 1 is 1.50 bits per heavy atom. The third-order valence-corrected chi connectivity index (χ3v) is 4.38. The Morgan fingerprint density at radius 3 is 3.00 bits per heavy atom. The first kappa shape index (κ1) is 12.2. The monoisotopic (exact) mass is 259 g/mol. The second-order valence-corrected chi connectivity index (χ2v) is 5.52. The lowest BCUT2D eigenvalue weighted by Gasteiger charge is -2.30. The summed E-state index contributed by atoms with van der Waals surface area (Å²) in [6.45, 7) is 2.18. The molecule has 88 valence electrons. The Bertz CT molecular complexity index is 372. The SMILES string of the molecule is CCC1CSCC(c2ccc(F)c(Cl)c2)N1. The lowest BCUT2D eigenvalue weighted by Crippen LogP contribution is -2.39. The first-order valence-electron chi connectivity index (χ1n) is 5.49. The highest BCUT2D eigenvalue weighted by Gasteiger charge is 2.21. The molecule has 1 aromatic carbocycles. The van der Waals surface area contributed by atoms with Gasteiger partial charge in [0.25, 0.3) is 0 Å². The normalized spacial score (nSPS) is 25.7. The van der Waals surface area contributed by atoms with E-state index in [1.54, 1.807) is 6.07 Å². The Balaban J connectivity index is 2.13. The topological polar surface area (TPSA) is 12.0 Å². The molecule has 1 aromatic rings. The Kier molecular flexibility index (Phi) is 4.11. The van der Waals surface area contributed by atoms with Gasteiger partial charge in [0.15, 0.2) is 0 Å². The predicted molar refractivity (Wildman–Crippen MR) is 68.7 cm³/mol. The molecule has 1 fully saturated rings. The van der Waals surface area contributed by atoms with E-state index in [1.165, 1.54) is 6.07 Å². The molecule has 0 bridgehead atoms. The van der Waals surface area contributed by atoms with E-state index >= 15 is 0 Å². The molecule has 1 N–H and O–H groups in total. The molecule has 0 amide bonds. The van der Waals surface area contributed by atoms with Crippen LogP contribution in [-0.2, 0) is 0 Å². The van der Waals surface area contributed by atoms with Crippen molar-refractivity contribution in [3.63, 3.8) is 0 Å². The van der Waals surface area contributed by atoms with E-state index in [-0.39, 0.29) is 10.8 Å². The standard InChI is InChI=1S/C12H15ClFNS/c1-2-9-6-16-7-12(15-9)8-3-4-11(14)10(13)5-8/h3-5,9,12,15H,2,6-7H2,1H3. The van der Waals surface area contributed by atoms with Gasteiger partial charge in [-0.25, -0.2) is 4.39 Å². The first-order valence-corrected chi connectivity index (χ1v) is 7.02. The van der Waals surface area contributed by atoms with Crippen molar-refractivity contribution in [3.8, 4) is 0 Å². The third-order valence-electron chi connectivity index (χ3n) is 2.88. The zero-order chi connectivity index (χ0) is 11.5. The Morgan fingerprint density at radius 2 is 2.31 bits per heavy atom. The number of halogens is 2. The molecule has 2 rings (SSSR count). The van der Waals surface area contributed by atoms with E-state index in [0.29, 0.717) is 12.1 Å². The lowest BCUT2D eigenvalue weighted by molar-refractivity contribution is 0.465. The molecule has 1 aliphatic rings. The summed E-state index contributed by atoms with van der Waals surface area (Å²) in [6.07, 6.45) is 1.12. The average molecular weight is 260 g/mol. The Hall–Kier alpha value is -0.250. The minimum atomic E-state index is -0.346. The summed E-state index contributed by atoms with van der Waals surface area (Å²) in [6, 6.07) is 5.83. The highest BCUT2D eigenvalue weighted by molar-refractivity contribution is 7.99. The van der Waals surface area contributed by atoms with Gasteiger partial charge in [-0.1, -0.05) is 24.6 Å². The van der Waals surface area contributed by atoms with Crippen LogP contribution in [0.1, 0.15) is 24.9 Å². The molecule has 2 atom stereocenters. The van der Waals surface area contributed by atoms with Gasteiger partial charge in [-0.15, -0.1) is 0 Å². The number of benzene rings is 1. The van der Waals surface area contributed by atoms with Crippen molar-refractivity contribution in [3.05, 3.63) is 34.6 Å². The molecule has 1 aliphatic heterocycles. The van der Waals surface area contributed by atoms with Crippen molar-refractivity contribution in [2.24, 2.45) is 0 Å². The first-order chi connectivity index (χ1) is 7.70. The third kappa shape index (κ3) is 2.70. The quantitative estimate of drug-likeness (QED) is 0.870. The molecule has 0 spiro atoms. The van der Waals surface area contributed by atoms with Gasteiger partial charge < -0.3 is 5.32 Å². The number of hydrogen-bond donors (Lipinski definition) is 1. The maximum atomic E-state index is 13.1. The van der Waals surface area contributed by atoms with Gasteiger partial charge in [0, 0.05) is 23.6 Å². The fourth-order valence-corrected chi connectivity index (χ4v) is 3.33. The number of rotatable bonds is 2. The van der Waals surface area contributed by atoms with E-state index in [1.807, 2.05) is 17.8 Å². The van der Waals surface area contributed by atoms with Crippen LogP contribution in [0.3, 0.4) is 0 Å².